The van der Waals surface area contributed by atoms with Crippen molar-refractivity contribution in [3.63, 3.8) is 0 Å². The van der Waals surface area contributed by atoms with E-state index in [4.69, 9.17) is 4.74 Å². The second-order valence-corrected chi connectivity index (χ2v) is 12.0. The minimum atomic E-state index is -3.93. The number of amides is 1. The van der Waals surface area contributed by atoms with Crippen molar-refractivity contribution < 1.29 is 26.7 Å². The van der Waals surface area contributed by atoms with Crippen molar-refractivity contribution in [3.8, 4) is 10.8 Å². The molecule has 1 amide bonds. The highest BCUT2D eigenvalue weighted by atomic mass is 32.2. The smallest absolute Gasteiger partial charge is 0.291 e. The van der Waals surface area contributed by atoms with E-state index >= 15 is 0 Å². The van der Waals surface area contributed by atoms with Crippen LogP contribution in [0.25, 0.3) is 16.3 Å². The monoisotopic (exact) mass is 541 g/mol. The molecule has 0 bridgehead atoms. The molecule has 2 aliphatic rings. The standard InChI is InChI=1S/C21H25F2N7O4S2/c1-11-8-29(10-15(34-11)18(31)24-3)13-6-12(36(32,33)28-21(2)4-5-21)9-30-14(13)7-25-17(30)20-27-26-19(35-20)16(22)23/h6-7,9,11,15-16,28H,4-5,8,10H2,1-3H3,(H,24,31)/t11-,15-/m0/s1. The SMILES string of the molecule is CNC(=O)[C@@H]1CN(c2cc(S(=O)(=O)NC3(C)CC3)cn3c(-c4nnc(C(F)F)s4)ncc23)C[C@H](C)O1. The highest BCUT2D eigenvalue weighted by molar-refractivity contribution is 7.89. The Hall–Kier alpha value is -2.75. The number of nitrogens with one attached hydrogen (secondary N) is 2. The Labute approximate surface area is 209 Å². The summed E-state index contributed by atoms with van der Waals surface area (Å²) >= 11 is 0.689. The predicted molar refractivity (Wildman–Crippen MR) is 128 cm³/mol. The molecule has 0 radical (unpaired) electrons. The maximum atomic E-state index is 13.3. The molecule has 0 spiro atoms. The van der Waals surface area contributed by atoms with Crippen molar-refractivity contribution in [3.05, 3.63) is 23.5 Å². The van der Waals surface area contributed by atoms with Crippen LogP contribution < -0.4 is 14.9 Å². The first-order valence-electron chi connectivity index (χ1n) is 11.3. The molecule has 36 heavy (non-hydrogen) atoms. The zero-order valence-corrected chi connectivity index (χ0v) is 21.4. The number of sulfonamides is 1. The van der Waals surface area contributed by atoms with Crippen LogP contribution >= 0.6 is 11.3 Å². The molecule has 5 rings (SSSR count). The fourth-order valence-electron chi connectivity index (χ4n) is 4.15. The normalized spacial score (nSPS) is 21.8. The third-order valence-corrected chi connectivity index (χ3v) is 8.78. The molecule has 0 aromatic carbocycles. The van der Waals surface area contributed by atoms with Gasteiger partial charge in [-0.15, -0.1) is 10.2 Å². The number of imidazole rings is 1. The predicted octanol–water partition coefficient (Wildman–Crippen LogP) is 1.96. The number of hydrogen-bond acceptors (Lipinski definition) is 9. The average Bonchev–Trinajstić information content (AvgIpc) is 3.21. The number of rotatable bonds is 7. The van der Waals surface area contributed by atoms with Gasteiger partial charge in [-0.1, -0.05) is 11.3 Å². The summed E-state index contributed by atoms with van der Waals surface area (Å²) in [5, 5.41) is 9.63. The van der Waals surface area contributed by atoms with Gasteiger partial charge in [0.1, 0.15) is 4.90 Å². The van der Waals surface area contributed by atoms with E-state index in [1.807, 2.05) is 18.7 Å². The average molecular weight is 542 g/mol. The highest BCUT2D eigenvalue weighted by Crippen LogP contribution is 2.38. The number of pyridine rings is 1. The maximum absolute atomic E-state index is 13.3. The molecule has 1 aliphatic heterocycles. The number of halogens is 2. The number of carbonyl (C=O) groups excluding carboxylic acids is 1. The molecule has 1 saturated heterocycles. The topological polar surface area (TPSA) is 131 Å². The van der Waals surface area contributed by atoms with Crippen LogP contribution in [0.15, 0.2) is 23.4 Å². The Morgan fingerprint density at radius 1 is 1.31 bits per heavy atom. The Kier molecular flexibility index (Phi) is 6.21. The number of morpholine rings is 1. The van der Waals surface area contributed by atoms with Gasteiger partial charge in [0.15, 0.2) is 21.9 Å². The molecule has 2 fully saturated rings. The zero-order chi connectivity index (χ0) is 25.8. The zero-order valence-electron chi connectivity index (χ0n) is 19.7. The summed E-state index contributed by atoms with van der Waals surface area (Å²) in [7, 11) is -2.41. The number of nitrogens with zero attached hydrogens (tertiary/aromatic N) is 5. The van der Waals surface area contributed by atoms with Crippen molar-refractivity contribution in [2.24, 2.45) is 0 Å². The van der Waals surface area contributed by atoms with E-state index in [1.165, 1.54) is 23.8 Å². The Bertz CT molecular complexity index is 1420. The molecule has 11 nitrogen and oxygen atoms in total. The number of anilines is 1. The molecule has 0 unspecified atom stereocenters. The van der Waals surface area contributed by atoms with Crippen LogP contribution in [0.4, 0.5) is 14.5 Å². The summed E-state index contributed by atoms with van der Waals surface area (Å²) < 4.78 is 63.0. The van der Waals surface area contributed by atoms with Gasteiger partial charge < -0.3 is 15.0 Å². The Morgan fingerprint density at radius 2 is 2.06 bits per heavy atom. The van der Waals surface area contributed by atoms with Gasteiger partial charge in [0.05, 0.1) is 30.0 Å². The maximum Gasteiger partial charge on any atom is 0.291 e. The van der Waals surface area contributed by atoms with Crippen LogP contribution in [0.3, 0.4) is 0 Å². The van der Waals surface area contributed by atoms with E-state index in [-0.39, 0.29) is 34.3 Å². The second-order valence-electron chi connectivity index (χ2n) is 9.26. The summed E-state index contributed by atoms with van der Waals surface area (Å²) in [6, 6.07) is 1.54. The number of alkyl halides is 2. The number of hydrogen-bond donors (Lipinski definition) is 2. The van der Waals surface area contributed by atoms with Crippen LogP contribution in [-0.2, 0) is 19.6 Å². The lowest BCUT2D eigenvalue weighted by Crippen LogP contribution is -2.52. The summed E-state index contributed by atoms with van der Waals surface area (Å²) in [4.78, 5) is 18.5. The van der Waals surface area contributed by atoms with E-state index in [1.54, 1.807) is 6.07 Å². The van der Waals surface area contributed by atoms with Crippen LogP contribution in [0.5, 0.6) is 0 Å². The van der Waals surface area contributed by atoms with Gasteiger partial charge in [-0.2, -0.15) is 0 Å². The Morgan fingerprint density at radius 3 is 2.69 bits per heavy atom. The summed E-state index contributed by atoms with van der Waals surface area (Å²) in [6.07, 6.45) is 0.523. The number of fused-ring (bicyclic) bond motifs is 1. The first-order valence-corrected chi connectivity index (χ1v) is 13.6. The number of aromatic nitrogens is 4. The lowest BCUT2D eigenvalue weighted by Gasteiger charge is -2.37. The van der Waals surface area contributed by atoms with Crippen molar-refractivity contribution in [1.29, 1.82) is 0 Å². The molecule has 15 heteroatoms. The van der Waals surface area contributed by atoms with Gasteiger partial charge >= 0.3 is 0 Å². The van der Waals surface area contributed by atoms with Gasteiger partial charge in [-0.25, -0.2) is 26.9 Å². The quantitative estimate of drug-likeness (QED) is 0.464. The summed E-state index contributed by atoms with van der Waals surface area (Å²) in [5.41, 5.74) is 0.537. The first kappa shape index (κ1) is 24.9. The van der Waals surface area contributed by atoms with Crippen LogP contribution in [0, 0.1) is 0 Å². The fraction of sp³-hybridized carbons (Fsp3) is 0.524. The van der Waals surface area contributed by atoms with Crippen molar-refractivity contribution in [2.45, 2.75) is 55.8 Å². The van der Waals surface area contributed by atoms with E-state index in [0.29, 0.717) is 29.1 Å². The van der Waals surface area contributed by atoms with Crippen molar-refractivity contribution in [2.75, 3.05) is 25.0 Å². The molecule has 1 aliphatic carbocycles. The lowest BCUT2D eigenvalue weighted by atomic mass is 10.1. The van der Waals surface area contributed by atoms with Crippen molar-refractivity contribution >= 4 is 38.5 Å². The minimum Gasteiger partial charge on any atom is -0.364 e. The van der Waals surface area contributed by atoms with Gasteiger partial charge in [-0.3, -0.25) is 9.20 Å². The van der Waals surface area contributed by atoms with Crippen LogP contribution in [0.1, 0.15) is 38.1 Å². The van der Waals surface area contributed by atoms with E-state index in [9.17, 15) is 22.0 Å². The number of carbonyl (C=O) groups is 1. The minimum absolute atomic E-state index is 0.0217. The van der Waals surface area contributed by atoms with Gasteiger partial charge in [0.2, 0.25) is 10.0 Å². The molecule has 1 saturated carbocycles. The molecular weight excluding hydrogens is 516 g/mol. The summed E-state index contributed by atoms with van der Waals surface area (Å²) in [5.74, 6) is -0.105. The summed E-state index contributed by atoms with van der Waals surface area (Å²) in [6.45, 7) is 4.23. The largest absolute Gasteiger partial charge is 0.364 e. The van der Waals surface area contributed by atoms with Gasteiger partial charge in [0, 0.05) is 25.3 Å². The molecular formula is C21H25F2N7O4S2. The first-order chi connectivity index (χ1) is 17.0. The van der Waals surface area contributed by atoms with Crippen LogP contribution in [-0.4, -0.2) is 71.8 Å². The molecule has 2 atom stereocenters. The highest BCUT2D eigenvalue weighted by Gasteiger charge is 2.42. The fourth-order valence-corrected chi connectivity index (χ4v) is 6.33. The number of ether oxygens (including phenoxy) is 1. The molecule has 3 aromatic rings. The van der Waals surface area contributed by atoms with E-state index in [2.05, 4.69) is 25.2 Å². The second kappa shape index (κ2) is 8.97. The van der Waals surface area contributed by atoms with E-state index < -0.39 is 33.1 Å². The third-order valence-electron chi connectivity index (χ3n) is 6.24. The molecule has 4 heterocycles. The van der Waals surface area contributed by atoms with E-state index in [0.717, 1.165) is 12.8 Å². The molecule has 194 valence electrons. The Balaban J connectivity index is 1.65. The van der Waals surface area contributed by atoms with Crippen LogP contribution in [0.2, 0.25) is 0 Å². The van der Waals surface area contributed by atoms with Crippen molar-refractivity contribution in [1.82, 2.24) is 29.6 Å². The molecule has 2 N–H and O–H groups in total. The lowest BCUT2D eigenvalue weighted by molar-refractivity contribution is -0.136. The third kappa shape index (κ3) is 4.67. The molecule has 3 aromatic heterocycles. The van der Waals surface area contributed by atoms with Gasteiger partial charge in [0.25, 0.3) is 12.3 Å². The van der Waals surface area contributed by atoms with Gasteiger partial charge in [-0.05, 0) is 32.8 Å². The number of likely N-dealkylation sites (N-methyl/N-ethyl adjacent to an activating group) is 1.